The number of rotatable bonds is 16. The Morgan fingerprint density at radius 2 is 1.73 bits per heavy atom. The van der Waals surface area contributed by atoms with Gasteiger partial charge >= 0.3 is 5.97 Å². The third kappa shape index (κ3) is 8.35. The lowest BCUT2D eigenvalue weighted by Gasteiger charge is -2.45. The number of esters is 1. The molecule has 1 amide bonds. The van der Waals surface area contributed by atoms with Gasteiger partial charge in [0.1, 0.15) is 6.04 Å². The van der Waals surface area contributed by atoms with Crippen molar-refractivity contribution < 1.29 is 28.9 Å². The van der Waals surface area contributed by atoms with Crippen LogP contribution in [0.4, 0.5) is 0 Å². The predicted molar refractivity (Wildman–Crippen MR) is 154 cm³/mol. The van der Waals surface area contributed by atoms with Crippen LogP contribution in [0, 0.1) is 5.92 Å². The molecule has 8 heteroatoms. The van der Waals surface area contributed by atoms with Gasteiger partial charge in [-0.1, -0.05) is 71.1 Å². The van der Waals surface area contributed by atoms with Gasteiger partial charge in [-0.2, -0.15) is 0 Å². The summed E-state index contributed by atoms with van der Waals surface area (Å²) >= 11 is 0. The highest BCUT2D eigenvalue weighted by atomic mass is 16.7. The Balaban J connectivity index is 1.17. The fraction of sp³-hybridized carbons (Fsp3) is 0.750. The second-order valence-electron chi connectivity index (χ2n) is 11.9. The molecule has 8 nitrogen and oxygen atoms in total. The maximum Gasteiger partial charge on any atom is 0.328 e. The number of amides is 1. The van der Waals surface area contributed by atoms with Gasteiger partial charge in [0.15, 0.2) is 11.5 Å². The molecule has 4 rings (SSSR count). The quantitative estimate of drug-likeness (QED) is 0.206. The number of nitrogens with one attached hydrogen (secondary N) is 1. The van der Waals surface area contributed by atoms with E-state index in [2.05, 4.69) is 29.3 Å². The molecule has 1 saturated heterocycles. The van der Waals surface area contributed by atoms with E-state index in [0.717, 1.165) is 43.9 Å². The number of aliphatic hydroxyl groups excluding tert-OH is 1. The van der Waals surface area contributed by atoms with Gasteiger partial charge in [0, 0.05) is 25.6 Å². The number of ether oxygens (including phenoxy) is 3. The molecule has 0 spiro atoms. The number of methoxy groups -OCH3 is 1. The van der Waals surface area contributed by atoms with E-state index < -0.39 is 12.1 Å². The number of unbranched alkanes of at least 4 members (excludes halogenated alkanes) is 9. The largest absolute Gasteiger partial charge is 0.467 e. The first kappa shape index (κ1) is 30.6. The van der Waals surface area contributed by atoms with E-state index in [0.29, 0.717) is 25.7 Å². The lowest BCUT2D eigenvalue weighted by atomic mass is 9.80. The summed E-state index contributed by atoms with van der Waals surface area (Å²) in [7, 11) is 1.37. The maximum absolute atomic E-state index is 12.8. The number of hydrogen-bond acceptors (Lipinski definition) is 7. The van der Waals surface area contributed by atoms with Crippen molar-refractivity contribution in [2.24, 2.45) is 5.92 Å². The highest BCUT2D eigenvalue weighted by Crippen LogP contribution is 2.44. The fourth-order valence-corrected chi connectivity index (χ4v) is 6.58. The van der Waals surface area contributed by atoms with Crippen molar-refractivity contribution in [2.45, 2.75) is 121 Å². The number of carbonyl (C=O) groups excluding carboxylic acids is 2. The van der Waals surface area contributed by atoms with Crippen LogP contribution in [0.1, 0.15) is 114 Å². The van der Waals surface area contributed by atoms with Gasteiger partial charge in [-0.25, -0.2) is 4.79 Å². The lowest BCUT2D eigenvalue weighted by molar-refractivity contribution is -0.145. The van der Waals surface area contributed by atoms with Gasteiger partial charge in [0.2, 0.25) is 12.7 Å². The smallest absolute Gasteiger partial charge is 0.328 e. The van der Waals surface area contributed by atoms with E-state index in [4.69, 9.17) is 14.2 Å². The molecule has 1 unspecified atom stereocenters. The summed E-state index contributed by atoms with van der Waals surface area (Å²) in [6.07, 6.45) is 14.8. The summed E-state index contributed by atoms with van der Waals surface area (Å²) in [5.74, 6) is 1.10. The second-order valence-corrected chi connectivity index (χ2v) is 11.9. The number of benzene rings is 1. The van der Waals surface area contributed by atoms with Crippen molar-refractivity contribution in [1.82, 2.24) is 10.2 Å². The van der Waals surface area contributed by atoms with Crippen LogP contribution < -0.4 is 14.8 Å². The van der Waals surface area contributed by atoms with E-state index in [1.807, 2.05) is 0 Å². The zero-order valence-corrected chi connectivity index (χ0v) is 24.6. The molecule has 3 aliphatic rings. The molecular formula is C32H50N2O6. The van der Waals surface area contributed by atoms with Crippen molar-refractivity contribution in [3.63, 3.8) is 0 Å². The van der Waals surface area contributed by atoms with Crippen LogP contribution in [0.2, 0.25) is 0 Å². The second kappa shape index (κ2) is 15.6. The number of aliphatic hydroxyl groups is 1. The van der Waals surface area contributed by atoms with Crippen LogP contribution in [-0.4, -0.2) is 61.0 Å². The highest BCUT2D eigenvalue weighted by molar-refractivity contribution is 5.84. The maximum atomic E-state index is 12.8. The average Bonchev–Trinajstić information content (AvgIpc) is 3.42. The van der Waals surface area contributed by atoms with Gasteiger partial charge < -0.3 is 24.6 Å². The molecule has 0 bridgehead atoms. The molecule has 0 aromatic heterocycles. The minimum Gasteiger partial charge on any atom is -0.467 e. The summed E-state index contributed by atoms with van der Waals surface area (Å²) in [6, 6.07) is 3.73. The van der Waals surface area contributed by atoms with Crippen LogP contribution >= 0.6 is 0 Å². The fourth-order valence-electron chi connectivity index (χ4n) is 6.58. The molecule has 4 atom stereocenters. The SMILES string of the molecule is CCCCCCCCCCCCC(NC(=O)CC[C@H]1CN2CCc3cc4c(cc3[C@@H]2C[C@@H]1O)OCO4)C(=O)OC. The molecule has 3 heterocycles. The van der Waals surface area contributed by atoms with Crippen LogP contribution in [-0.2, 0) is 20.7 Å². The van der Waals surface area contributed by atoms with E-state index in [1.54, 1.807) is 0 Å². The van der Waals surface area contributed by atoms with E-state index in [-0.39, 0.29) is 30.6 Å². The van der Waals surface area contributed by atoms with Crippen molar-refractivity contribution in [3.05, 3.63) is 23.3 Å². The highest BCUT2D eigenvalue weighted by Gasteiger charge is 2.39. The van der Waals surface area contributed by atoms with Crippen LogP contribution in [0.5, 0.6) is 11.5 Å². The normalized spacial score (nSPS) is 22.3. The summed E-state index contributed by atoms with van der Waals surface area (Å²) in [4.78, 5) is 27.6. The molecule has 0 radical (unpaired) electrons. The minimum atomic E-state index is -0.598. The van der Waals surface area contributed by atoms with Crippen molar-refractivity contribution in [3.8, 4) is 11.5 Å². The summed E-state index contributed by atoms with van der Waals surface area (Å²) in [5, 5.41) is 13.9. The first-order valence-electron chi connectivity index (χ1n) is 15.7. The number of hydrogen-bond donors (Lipinski definition) is 2. The molecule has 1 aromatic carbocycles. The molecule has 2 N–H and O–H groups in total. The van der Waals surface area contributed by atoms with Gasteiger partial charge in [0.05, 0.1) is 13.2 Å². The number of fused-ring (bicyclic) bond motifs is 4. The molecule has 1 aromatic rings. The molecule has 0 saturated carbocycles. The third-order valence-electron chi connectivity index (χ3n) is 8.99. The Morgan fingerprint density at radius 3 is 2.42 bits per heavy atom. The number of carbonyl (C=O) groups is 2. The Hall–Kier alpha value is -2.32. The zero-order chi connectivity index (χ0) is 28.3. The van der Waals surface area contributed by atoms with Crippen molar-refractivity contribution >= 4 is 11.9 Å². The molecular weight excluding hydrogens is 508 g/mol. The van der Waals surface area contributed by atoms with Crippen LogP contribution in [0.25, 0.3) is 0 Å². The van der Waals surface area contributed by atoms with Gasteiger partial charge in [0.25, 0.3) is 0 Å². The van der Waals surface area contributed by atoms with Crippen molar-refractivity contribution in [1.29, 1.82) is 0 Å². The lowest BCUT2D eigenvalue weighted by Crippen LogP contribution is -2.48. The Labute approximate surface area is 240 Å². The summed E-state index contributed by atoms with van der Waals surface area (Å²) < 4.78 is 16.1. The Bertz CT molecular complexity index is 969. The zero-order valence-electron chi connectivity index (χ0n) is 24.6. The molecule has 3 aliphatic heterocycles. The van der Waals surface area contributed by atoms with Crippen molar-refractivity contribution in [2.75, 3.05) is 27.0 Å². The number of piperidine rings is 1. The average molecular weight is 559 g/mol. The Kier molecular flexibility index (Phi) is 12.0. The van der Waals surface area contributed by atoms with Crippen LogP contribution in [0.15, 0.2) is 12.1 Å². The molecule has 1 fully saturated rings. The predicted octanol–water partition coefficient (Wildman–Crippen LogP) is 5.44. The van der Waals surface area contributed by atoms with E-state index in [9.17, 15) is 14.7 Å². The molecule has 40 heavy (non-hydrogen) atoms. The summed E-state index contributed by atoms with van der Waals surface area (Å²) in [5.41, 5.74) is 2.49. The Morgan fingerprint density at radius 1 is 1.05 bits per heavy atom. The monoisotopic (exact) mass is 558 g/mol. The third-order valence-corrected chi connectivity index (χ3v) is 8.99. The topological polar surface area (TPSA) is 97.3 Å². The molecule has 224 valence electrons. The van der Waals surface area contributed by atoms with Crippen LogP contribution in [0.3, 0.4) is 0 Å². The number of nitrogens with zero attached hydrogens (tertiary/aromatic N) is 1. The summed E-state index contributed by atoms with van der Waals surface area (Å²) in [6.45, 7) is 4.18. The van der Waals surface area contributed by atoms with E-state index >= 15 is 0 Å². The van der Waals surface area contributed by atoms with Gasteiger partial charge in [-0.05, 0) is 54.9 Å². The van der Waals surface area contributed by atoms with Gasteiger partial charge in [-0.15, -0.1) is 0 Å². The van der Waals surface area contributed by atoms with Gasteiger partial charge in [-0.3, -0.25) is 9.69 Å². The van der Waals surface area contributed by atoms with E-state index in [1.165, 1.54) is 69.6 Å². The standard InChI is InChI=1S/C32H50N2O6/c1-3-4-5-6-7-8-9-10-11-12-13-26(32(37)38-2)33-31(36)15-14-24-21-34-17-16-23-18-29-30(40-22-39-29)19-25(23)27(34)20-28(24)35/h18-19,24,26-28,35H,3-17,20-22H2,1-2H3,(H,33,36)/t24-,26?,27-,28-/m0/s1. The minimum absolute atomic E-state index is 0.0242. The first-order chi connectivity index (χ1) is 19.5. The molecule has 0 aliphatic carbocycles. The first-order valence-corrected chi connectivity index (χ1v) is 15.7.